The standard InChI is InChI=1S/C26H27N5O3S/c1-5-17(3)34-21-10-6-18(7-11-21)25(32)28-26(35)27-22-15-24-23(14-16(22)2)29-31(30-24)19-8-12-20(33-4)13-9-19/h6-15,17H,5H2,1-4H3,(H2,27,28,32,35). The topological polar surface area (TPSA) is 90.3 Å². The number of rotatable bonds is 7. The Morgan fingerprint density at radius 1 is 1.03 bits per heavy atom. The van der Waals surface area contributed by atoms with Crippen LogP contribution in [-0.2, 0) is 0 Å². The molecule has 2 N–H and O–H groups in total. The van der Waals surface area contributed by atoms with Crippen molar-refractivity contribution >= 4 is 40.0 Å². The summed E-state index contributed by atoms with van der Waals surface area (Å²) in [6.07, 6.45) is 1.02. The number of carbonyl (C=O) groups excluding carboxylic acids is 1. The average molecular weight is 490 g/mol. The van der Waals surface area contributed by atoms with Gasteiger partial charge < -0.3 is 14.8 Å². The number of methoxy groups -OCH3 is 1. The summed E-state index contributed by atoms with van der Waals surface area (Å²) >= 11 is 5.38. The molecule has 3 aromatic carbocycles. The predicted octanol–water partition coefficient (Wildman–Crippen LogP) is 5.04. The number of aromatic nitrogens is 3. The van der Waals surface area contributed by atoms with E-state index in [4.69, 9.17) is 21.7 Å². The zero-order chi connectivity index (χ0) is 24.9. The number of thiocarbonyl (C=S) groups is 1. The lowest BCUT2D eigenvalue weighted by molar-refractivity contribution is 0.0977. The van der Waals surface area contributed by atoms with Gasteiger partial charge in [0.1, 0.15) is 22.5 Å². The van der Waals surface area contributed by atoms with Crippen molar-refractivity contribution in [3.8, 4) is 17.2 Å². The van der Waals surface area contributed by atoms with Crippen molar-refractivity contribution in [3.63, 3.8) is 0 Å². The van der Waals surface area contributed by atoms with Gasteiger partial charge in [0.25, 0.3) is 5.91 Å². The van der Waals surface area contributed by atoms with Gasteiger partial charge in [0.2, 0.25) is 0 Å². The van der Waals surface area contributed by atoms with E-state index in [2.05, 4.69) is 27.8 Å². The smallest absolute Gasteiger partial charge is 0.257 e. The first kappa shape index (κ1) is 24.2. The second-order valence-corrected chi connectivity index (χ2v) is 8.52. The molecule has 0 saturated carbocycles. The normalized spacial score (nSPS) is 11.7. The maximum Gasteiger partial charge on any atom is 0.257 e. The van der Waals surface area contributed by atoms with E-state index in [0.717, 1.165) is 40.4 Å². The number of aryl methyl sites for hydroxylation is 1. The van der Waals surface area contributed by atoms with Crippen LogP contribution < -0.4 is 20.1 Å². The van der Waals surface area contributed by atoms with Crippen LogP contribution >= 0.6 is 12.2 Å². The lowest BCUT2D eigenvalue weighted by Gasteiger charge is -2.13. The molecule has 35 heavy (non-hydrogen) atoms. The van der Waals surface area contributed by atoms with Crippen LogP contribution in [0.15, 0.2) is 60.7 Å². The number of anilines is 1. The summed E-state index contributed by atoms with van der Waals surface area (Å²) in [7, 11) is 1.62. The molecule has 1 unspecified atom stereocenters. The van der Waals surface area contributed by atoms with E-state index in [-0.39, 0.29) is 17.1 Å². The van der Waals surface area contributed by atoms with Crippen LogP contribution in [-0.4, -0.2) is 39.2 Å². The quantitative estimate of drug-likeness (QED) is 0.352. The third-order valence-electron chi connectivity index (χ3n) is 5.53. The summed E-state index contributed by atoms with van der Waals surface area (Å²) < 4.78 is 11.0. The first-order valence-corrected chi connectivity index (χ1v) is 11.7. The van der Waals surface area contributed by atoms with Gasteiger partial charge in [-0.1, -0.05) is 6.92 Å². The van der Waals surface area contributed by atoms with Crippen LogP contribution in [0.3, 0.4) is 0 Å². The summed E-state index contributed by atoms with van der Waals surface area (Å²) in [5.74, 6) is 1.18. The van der Waals surface area contributed by atoms with Crippen molar-refractivity contribution in [2.45, 2.75) is 33.3 Å². The lowest BCUT2D eigenvalue weighted by atomic mass is 10.2. The molecule has 1 aromatic heterocycles. The fourth-order valence-corrected chi connectivity index (χ4v) is 3.57. The number of nitrogens with one attached hydrogen (secondary N) is 2. The highest BCUT2D eigenvalue weighted by Crippen LogP contribution is 2.23. The van der Waals surface area contributed by atoms with Crippen molar-refractivity contribution in [2.24, 2.45) is 0 Å². The second kappa shape index (κ2) is 10.5. The Bertz CT molecular complexity index is 1350. The van der Waals surface area contributed by atoms with Crippen LogP contribution in [0.4, 0.5) is 5.69 Å². The molecule has 0 aliphatic heterocycles. The number of ether oxygens (including phenoxy) is 2. The van der Waals surface area contributed by atoms with Crippen LogP contribution in [0.5, 0.6) is 11.5 Å². The lowest BCUT2D eigenvalue weighted by Crippen LogP contribution is -2.34. The Hall–Kier alpha value is -3.98. The second-order valence-electron chi connectivity index (χ2n) is 8.11. The first-order chi connectivity index (χ1) is 16.9. The molecule has 0 radical (unpaired) electrons. The molecule has 1 atom stereocenters. The number of hydrogen-bond acceptors (Lipinski definition) is 6. The molecule has 1 amide bonds. The van der Waals surface area contributed by atoms with Crippen LogP contribution in [0.2, 0.25) is 0 Å². The van der Waals surface area contributed by atoms with E-state index in [1.54, 1.807) is 36.2 Å². The molecule has 0 bridgehead atoms. The number of benzene rings is 3. The van der Waals surface area contributed by atoms with Gasteiger partial charge in [-0.05, 0) is 98.7 Å². The van der Waals surface area contributed by atoms with Gasteiger partial charge in [-0.25, -0.2) is 0 Å². The van der Waals surface area contributed by atoms with E-state index in [1.165, 1.54) is 0 Å². The summed E-state index contributed by atoms with van der Waals surface area (Å²) in [5.41, 5.74) is 4.40. The third kappa shape index (κ3) is 5.75. The minimum Gasteiger partial charge on any atom is -0.497 e. The summed E-state index contributed by atoms with van der Waals surface area (Å²) in [6.45, 7) is 6.00. The Kier molecular flexibility index (Phi) is 7.26. The number of amides is 1. The highest BCUT2D eigenvalue weighted by molar-refractivity contribution is 7.80. The maximum atomic E-state index is 12.6. The minimum absolute atomic E-state index is 0.116. The van der Waals surface area contributed by atoms with Crippen molar-refractivity contribution in [1.82, 2.24) is 20.3 Å². The summed E-state index contributed by atoms with van der Waals surface area (Å²) in [4.78, 5) is 14.2. The van der Waals surface area contributed by atoms with Crippen LogP contribution in [0.1, 0.15) is 36.2 Å². The number of fused-ring (bicyclic) bond motifs is 1. The zero-order valence-corrected chi connectivity index (χ0v) is 20.8. The minimum atomic E-state index is -0.304. The molecule has 0 aliphatic rings. The number of carbonyl (C=O) groups is 1. The predicted molar refractivity (Wildman–Crippen MR) is 141 cm³/mol. The molecule has 0 spiro atoms. The molecule has 8 nitrogen and oxygen atoms in total. The Morgan fingerprint density at radius 2 is 1.66 bits per heavy atom. The third-order valence-corrected chi connectivity index (χ3v) is 5.74. The summed E-state index contributed by atoms with van der Waals surface area (Å²) in [6, 6.07) is 18.2. The molecular formula is C26H27N5O3S. The molecule has 0 aliphatic carbocycles. The zero-order valence-electron chi connectivity index (χ0n) is 20.0. The monoisotopic (exact) mass is 489 g/mol. The molecular weight excluding hydrogens is 462 g/mol. The van der Waals surface area contributed by atoms with Gasteiger partial charge in [0.05, 0.1) is 18.9 Å². The molecule has 0 saturated heterocycles. The van der Waals surface area contributed by atoms with Crippen molar-refractivity contribution in [2.75, 3.05) is 12.4 Å². The fraction of sp³-hybridized carbons (Fsp3) is 0.231. The Labute approximate surface area is 209 Å². The van der Waals surface area contributed by atoms with Crippen molar-refractivity contribution in [1.29, 1.82) is 0 Å². The Morgan fingerprint density at radius 3 is 2.29 bits per heavy atom. The molecule has 9 heteroatoms. The van der Waals surface area contributed by atoms with Gasteiger partial charge in [-0.2, -0.15) is 4.80 Å². The number of nitrogens with zero attached hydrogens (tertiary/aromatic N) is 3. The van der Waals surface area contributed by atoms with Crippen molar-refractivity contribution < 1.29 is 14.3 Å². The Balaban J connectivity index is 1.44. The SMILES string of the molecule is CCC(C)Oc1ccc(C(=O)NC(=S)Nc2cc3nn(-c4ccc(OC)cc4)nc3cc2C)cc1. The molecule has 4 aromatic rings. The largest absolute Gasteiger partial charge is 0.497 e. The van der Waals surface area contributed by atoms with Crippen LogP contribution in [0.25, 0.3) is 16.7 Å². The average Bonchev–Trinajstić information content (AvgIpc) is 3.27. The van der Waals surface area contributed by atoms with Crippen molar-refractivity contribution in [3.05, 3.63) is 71.8 Å². The van der Waals surface area contributed by atoms with Gasteiger partial charge in [0.15, 0.2) is 5.11 Å². The van der Waals surface area contributed by atoms with Gasteiger partial charge in [-0.3, -0.25) is 10.1 Å². The maximum absolute atomic E-state index is 12.6. The number of hydrogen-bond donors (Lipinski definition) is 2. The highest BCUT2D eigenvalue weighted by atomic mass is 32.1. The van der Waals surface area contributed by atoms with Crippen LogP contribution in [0, 0.1) is 6.92 Å². The first-order valence-electron chi connectivity index (χ1n) is 11.3. The summed E-state index contributed by atoms with van der Waals surface area (Å²) in [5, 5.41) is 15.1. The van der Waals surface area contributed by atoms with E-state index >= 15 is 0 Å². The highest BCUT2D eigenvalue weighted by Gasteiger charge is 2.12. The molecule has 4 rings (SSSR count). The van der Waals surface area contributed by atoms with Gasteiger partial charge in [-0.15, -0.1) is 10.2 Å². The molecule has 180 valence electrons. The van der Waals surface area contributed by atoms with Gasteiger partial charge in [0, 0.05) is 11.3 Å². The molecule has 0 fully saturated rings. The van der Waals surface area contributed by atoms with E-state index in [9.17, 15) is 4.79 Å². The van der Waals surface area contributed by atoms with E-state index in [1.807, 2.05) is 50.2 Å². The van der Waals surface area contributed by atoms with E-state index in [0.29, 0.717) is 11.1 Å². The van der Waals surface area contributed by atoms with Gasteiger partial charge >= 0.3 is 0 Å². The molecule has 1 heterocycles. The fourth-order valence-electron chi connectivity index (χ4n) is 3.36. The van der Waals surface area contributed by atoms with E-state index < -0.39 is 0 Å².